The van der Waals surface area contributed by atoms with Crippen LogP contribution >= 0.6 is 11.6 Å². The standard InChI is InChI=1S/C30H34ClN3O4/c1-3-34-26-10-6-21(12-19(2)32-17-29(37)22-7-11-28(36)24(14-22)18-35)13-23(26)15-27(34)30(38)33-16-20-4-8-25(31)9-5-20/h4-11,13-15,19,29,32,35-37H,3,12,16-18H2,1-2H3,(H,33,38)/t19-,29+/m1/s1. The zero-order valence-electron chi connectivity index (χ0n) is 21.6. The molecule has 0 saturated carbocycles. The quantitative estimate of drug-likeness (QED) is 0.191. The molecule has 0 radical (unpaired) electrons. The number of carbonyl (C=O) groups is 1. The number of fused-ring (bicyclic) bond motifs is 1. The molecule has 5 N–H and O–H groups in total. The van der Waals surface area contributed by atoms with Crippen molar-refractivity contribution >= 4 is 28.4 Å². The van der Waals surface area contributed by atoms with E-state index < -0.39 is 6.10 Å². The molecule has 4 aromatic rings. The molecule has 0 spiro atoms. The average Bonchev–Trinajstić information content (AvgIpc) is 3.29. The molecule has 200 valence electrons. The molecule has 0 aliphatic heterocycles. The fourth-order valence-electron chi connectivity index (χ4n) is 4.65. The van der Waals surface area contributed by atoms with E-state index in [1.54, 1.807) is 12.1 Å². The Balaban J connectivity index is 1.39. The van der Waals surface area contributed by atoms with Crippen molar-refractivity contribution in [1.82, 2.24) is 15.2 Å². The first-order valence-electron chi connectivity index (χ1n) is 12.8. The summed E-state index contributed by atoms with van der Waals surface area (Å²) in [6.07, 6.45) is -0.0198. The Morgan fingerprint density at radius 2 is 1.76 bits per heavy atom. The lowest BCUT2D eigenvalue weighted by Crippen LogP contribution is -2.32. The van der Waals surface area contributed by atoms with Gasteiger partial charge in [0.2, 0.25) is 0 Å². The summed E-state index contributed by atoms with van der Waals surface area (Å²) in [6, 6.07) is 20.4. The molecule has 2 atom stereocenters. The van der Waals surface area contributed by atoms with Crippen LogP contribution in [0.4, 0.5) is 0 Å². The molecule has 0 saturated heterocycles. The van der Waals surface area contributed by atoms with E-state index in [9.17, 15) is 20.1 Å². The van der Waals surface area contributed by atoms with Gasteiger partial charge in [-0.1, -0.05) is 35.9 Å². The topological polar surface area (TPSA) is 107 Å². The molecule has 0 fully saturated rings. The van der Waals surface area contributed by atoms with Gasteiger partial charge in [-0.25, -0.2) is 0 Å². The van der Waals surface area contributed by atoms with E-state index in [2.05, 4.69) is 35.8 Å². The number of aryl methyl sites for hydroxylation is 1. The number of hydrogen-bond acceptors (Lipinski definition) is 5. The number of nitrogens with zero attached hydrogens (tertiary/aromatic N) is 1. The molecule has 1 heterocycles. The predicted molar refractivity (Wildman–Crippen MR) is 150 cm³/mol. The largest absolute Gasteiger partial charge is 0.508 e. The van der Waals surface area contributed by atoms with Crippen molar-refractivity contribution in [2.24, 2.45) is 0 Å². The van der Waals surface area contributed by atoms with Crippen molar-refractivity contribution in [2.75, 3.05) is 6.54 Å². The maximum absolute atomic E-state index is 13.0. The second kappa shape index (κ2) is 12.5. The average molecular weight is 536 g/mol. The second-order valence-electron chi connectivity index (χ2n) is 9.55. The van der Waals surface area contributed by atoms with Crippen LogP contribution in [0.1, 0.15) is 52.7 Å². The number of rotatable bonds is 11. The molecule has 3 aromatic carbocycles. The number of aromatic nitrogens is 1. The lowest BCUT2D eigenvalue weighted by atomic mass is 10.0. The fourth-order valence-corrected chi connectivity index (χ4v) is 4.77. The molecule has 1 aromatic heterocycles. The molecule has 4 rings (SSSR count). The molecule has 0 unspecified atom stereocenters. The van der Waals surface area contributed by atoms with E-state index >= 15 is 0 Å². The minimum absolute atomic E-state index is 0.0132. The number of hydrogen-bond donors (Lipinski definition) is 5. The number of carbonyl (C=O) groups excluding carboxylic acids is 1. The molecular formula is C30H34ClN3O4. The molecule has 1 amide bonds. The van der Waals surface area contributed by atoms with Gasteiger partial charge in [0.25, 0.3) is 5.91 Å². The van der Waals surface area contributed by atoms with Gasteiger partial charge in [0, 0.05) is 47.2 Å². The van der Waals surface area contributed by atoms with E-state index in [0.29, 0.717) is 41.5 Å². The van der Waals surface area contributed by atoms with Gasteiger partial charge in [0.15, 0.2) is 0 Å². The van der Waals surface area contributed by atoms with Crippen molar-refractivity contribution < 1.29 is 20.1 Å². The Bertz CT molecular complexity index is 1400. The first kappa shape index (κ1) is 27.7. The zero-order chi connectivity index (χ0) is 27.2. The highest BCUT2D eigenvalue weighted by Gasteiger charge is 2.16. The van der Waals surface area contributed by atoms with Crippen LogP contribution in [0.3, 0.4) is 0 Å². The number of halogens is 1. The zero-order valence-corrected chi connectivity index (χ0v) is 22.4. The Kier molecular flexibility index (Phi) is 9.07. The molecular weight excluding hydrogens is 502 g/mol. The van der Waals surface area contributed by atoms with Gasteiger partial charge in [-0.05, 0) is 79.4 Å². The monoisotopic (exact) mass is 535 g/mol. The predicted octanol–water partition coefficient (Wildman–Crippen LogP) is 4.70. The lowest BCUT2D eigenvalue weighted by Gasteiger charge is -2.18. The smallest absolute Gasteiger partial charge is 0.268 e. The van der Waals surface area contributed by atoms with Crippen molar-refractivity contribution in [2.45, 2.75) is 52.1 Å². The summed E-state index contributed by atoms with van der Waals surface area (Å²) in [7, 11) is 0. The van der Waals surface area contributed by atoms with Gasteiger partial charge in [-0.3, -0.25) is 4.79 Å². The van der Waals surface area contributed by atoms with Gasteiger partial charge < -0.3 is 30.5 Å². The first-order chi connectivity index (χ1) is 18.3. The normalized spacial score (nSPS) is 13.0. The van der Waals surface area contributed by atoms with Crippen molar-refractivity contribution in [3.05, 3.63) is 99.7 Å². The summed E-state index contributed by atoms with van der Waals surface area (Å²) in [5.41, 5.74) is 4.77. The highest BCUT2D eigenvalue weighted by Crippen LogP contribution is 2.24. The number of aliphatic hydroxyl groups excluding tert-OH is 2. The van der Waals surface area contributed by atoms with Crippen LogP contribution in [0.25, 0.3) is 10.9 Å². The first-order valence-corrected chi connectivity index (χ1v) is 13.2. The van der Waals surface area contributed by atoms with Crippen LogP contribution in [0.2, 0.25) is 5.02 Å². The van der Waals surface area contributed by atoms with E-state index in [-0.39, 0.29) is 24.3 Å². The molecule has 38 heavy (non-hydrogen) atoms. The van der Waals surface area contributed by atoms with Gasteiger partial charge in [-0.15, -0.1) is 0 Å². The molecule has 7 nitrogen and oxygen atoms in total. The van der Waals surface area contributed by atoms with Crippen LogP contribution in [0.15, 0.2) is 66.7 Å². The summed E-state index contributed by atoms with van der Waals surface area (Å²) in [5.74, 6) is -0.110. The van der Waals surface area contributed by atoms with Gasteiger partial charge in [0.05, 0.1) is 12.7 Å². The maximum atomic E-state index is 13.0. The Morgan fingerprint density at radius 3 is 2.47 bits per heavy atom. The minimum Gasteiger partial charge on any atom is -0.508 e. The number of phenols is 1. The molecule has 8 heteroatoms. The minimum atomic E-state index is -0.765. The number of nitrogens with one attached hydrogen (secondary N) is 2. The molecule has 0 aliphatic rings. The lowest BCUT2D eigenvalue weighted by molar-refractivity contribution is 0.0942. The highest BCUT2D eigenvalue weighted by molar-refractivity contribution is 6.30. The Morgan fingerprint density at radius 1 is 1.03 bits per heavy atom. The van der Waals surface area contributed by atoms with E-state index in [4.69, 9.17) is 11.6 Å². The molecule has 0 aliphatic carbocycles. The van der Waals surface area contributed by atoms with Gasteiger partial charge >= 0.3 is 0 Å². The second-order valence-corrected chi connectivity index (χ2v) is 9.99. The summed E-state index contributed by atoms with van der Waals surface area (Å²) in [5, 5.41) is 37.7. The third kappa shape index (κ3) is 6.55. The number of benzene rings is 3. The number of aliphatic hydroxyl groups is 2. The van der Waals surface area contributed by atoms with Crippen LogP contribution in [0, 0.1) is 0 Å². The Labute approximate surface area is 227 Å². The highest BCUT2D eigenvalue weighted by atomic mass is 35.5. The van der Waals surface area contributed by atoms with Crippen LogP contribution in [0.5, 0.6) is 5.75 Å². The summed E-state index contributed by atoms with van der Waals surface area (Å²) in [4.78, 5) is 13.0. The maximum Gasteiger partial charge on any atom is 0.268 e. The fraction of sp³-hybridized carbons (Fsp3) is 0.300. The number of amides is 1. The van der Waals surface area contributed by atoms with E-state index in [1.807, 2.05) is 41.8 Å². The van der Waals surface area contributed by atoms with Gasteiger partial charge in [0.1, 0.15) is 11.4 Å². The van der Waals surface area contributed by atoms with E-state index in [0.717, 1.165) is 28.5 Å². The van der Waals surface area contributed by atoms with Crippen LogP contribution in [-0.2, 0) is 26.1 Å². The van der Waals surface area contributed by atoms with Crippen LogP contribution < -0.4 is 10.6 Å². The summed E-state index contributed by atoms with van der Waals surface area (Å²) in [6.45, 7) is 5.23. The van der Waals surface area contributed by atoms with Gasteiger partial charge in [-0.2, -0.15) is 0 Å². The number of aromatic hydroxyl groups is 1. The summed E-state index contributed by atoms with van der Waals surface area (Å²) < 4.78 is 2.02. The molecule has 0 bridgehead atoms. The van der Waals surface area contributed by atoms with Crippen molar-refractivity contribution in [1.29, 1.82) is 0 Å². The SMILES string of the molecule is CCn1c(C(=O)NCc2ccc(Cl)cc2)cc2cc(C[C@@H](C)NC[C@H](O)c3ccc(O)c(CO)c3)ccc21. The third-order valence-electron chi connectivity index (χ3n) is 6.74. The third-order valence-corrected chi connectivity index (χ3v) is 6.99. The van der Waals surface area contributed by atoms with Crippen LogP contribution in [-0.4, -0.2) is 38.4 Å². The van der Waals surface area contributed by atoms with Crippen molar-refractivity contribution in [3.63, 3.8) is 0 Å². The van der Waals surface area contributed by atoms with Crippen molar-refractivity contribution in [3.8, 4) is 5.75 Å². The van der Waals surface area contributed by atoms with E-state index in [1.165, 1.54) is 6.07 Å². The summed E-state index contributed by atoms with van der Waals surface area (Å²) >= 11 is 5.95. The Hall–Kier alpha value is -3.36.